The van der Waals surface area contributed by atoms with Crippen LogP contribution in [0.3, 0.4) is 0 Å². The van der Waals surface area contributed by atoms with Gasteiger partial charge in [0.05, 0.1) is 6.61 Å². The Bertz CT molecular complexity index is 50.1. The van der Waals surface area contributed by atoms with E-state index < -0.39 is 0 Å². The molecule has 3 nitrogen and oxygen atoms in total. The van der Waals surface area contributed by atoms with E-state index in [1.807, 2.05) is 0 Å². The fraction of sp³-hybridized carbons (Fsp3) is 1.00. The zero-order valence-electron chi connectivity index (χ0n) is 6.97. The van der Waals surface area contributed by atoms with Crippen molar-refractivity contribution in [2.75, 3.05) is 19.9 Å². The fourth-order valence-corrected chi connectivity index (χ4v) is 1.14. The zero-order chi connectivity index (χ0) is 7.78. The average molecular weight is 159 g/mol. The van der Waals surface area contributed by atoms with Crippen molar-refractivity contribution in [3.8, 4) is 0 Å². The van der Waals surface area contributed by atoms with E-state index >= 15 is 0 Å². The van der Waals surface area contributed by atoms with Crippen molar-refractivity contribution in [1.82, 2.24) is 5.48 Å². The molecular formula is C8H17NO2. The third kappa shape index (κ3) is 5.18. The van der Waals surface area contributed by atoms with Crippen molar-refractivity contribution < 1.29 is 9.57 Å². The van der Waals surface area contributed by atoms with Crippen LogP contribution in [0.1, 0.15) is 32.1 Å². The van der Waals surface area contributed by atoms with Crippen LogP contribution in [0.15, 0.2) is 0 Å². The third-order valence-electron chi connectivity index (χ3n) is 1.80. The highest BCUT2D eigenvalue weighted by molar-refractivity contribution is 4.44. The van der Waals surface area contributed by atoms with Crippen LogP contribution in [0.4, 0.5) is 0 Å². The Hall–Kier alpha value is -0.120. The van der Waals surface area contributed by atoms with Crippen LogP contribution in [0.2, 0.25) is 0 Å². The Kier molecular flexibility index (Phi) is 5.37. The molecular weight excluding hydrogens is 142 g/mol. The standard InChI is InChI=1S/C8H17NO2/c1-2-4-6-10-8-9-11-7-5-3-1/h9H,1-8H2. The summed E-state index contributed by atoms with van der Waals surface area (Å²) in [6.07, 6.45) is 6.23. The summed E-state index contributed by atoms with van der Waals surface area (Å²) >= 11 is 0. The molecule has 0 unspecified atom stereocenters. The van der Waals surface area contributed by atoms with Gasteiger partial charge in [0, 0.05) is 6.61 Å². The number of ether oxygens (including phenoxy) is 1. The smallest absolute Gasteiger partial charge is 0.119 e. The lowest BCUT2D eigenvalue weighted by atomic mass is 10.1. The maximum absolute atomic E-state index is 5.23. The van der Waals surface area contributed by atoms with Gasteiger partial charge >= 0.3 is 0 Å². The summed E-state index contributed by atoms with van der Waals surface area (Å²) in [6.45, 7) is 2.19. The predicted octanol–water partition coefficient (Wildman–Crippen LogP) is 1.45. The van der Waals surface area contributed by atoms with Gasteiger partial charge in [-0.25, -0.2) is 0 Å². The minimum Gasteiger partial charge on any atom is -0.364 e. The molecule has 0 spiro atoms. The Labute approximate surface area is 68.0 Å². The van der Waals surface area contributed by atoms with Gasteiger partial charge in [0.2, 0.25) is 0 Å². The molecule has 3 heteroatoms. The van der Waals surface area contributed by atoms with Crippen LogP contribution >= 0.6 is 0 Å². The van der Waals surface area contributed by atoms with Gasteiger partial charge in [0.15, 0.2) is 0 Å². The Morgan fingerprint density at radius 2 is 1.55 bits per heavy atom. The van der Waals surface area contributed by atoms with Crippen LogP contribution in [0.25, 0.3) is 0 Å². The van der Waals surface area contributed by atoms with Gasteiger partial charge in [-0.3, -0.25) is 4.84 Å². The molecule has 0 saturated carbocycles. The molecule has 11 heavy (non-hydrogen) atoms. The monoisotopic (exact) mass is 159 g/mol. The zero-order valence-corrected chi connectivity index (χ0v) is 6.97. The Morgan fingerprint density at radius 1 is 0.818 bits per heavy atom. The molecule has 0 aromatic rings. The number of hydrogen-bond donors (Lipinski definition) is 1. The molecule has 0 radical (unpaired) electrons. The van der Waals surface area contributed by atoms with E-state index in [1.165, 1.54) is 25.7 Å². The van der Waals surface area contributed by atoms with Crippen molar-refractivity contribution in [2.24, 2.45) is 0 Å². The first-order valence-electron chi connectivity index (χ1n) is 4.42. The second-order valence-electron chi connectivity index (χ2n) is 2.81. The second-order valence-corrected chi connectivity index (χ2v) is 2.81. The first kappa shape index (κ1) is 8.97. The maximum Gasteiger partial charge on any atom is 0.119 e. The van der Waals surface area contributed by atoms with Gasteiger partial charge in [0.25, 0.3) is 0 Å². The SMILES string of the molecule is C1CCCOCNOCCC1. The quantitative estimate of drug-likeness (QED) is 0.580. The molecule has 0 aliphatic carbocycles. The minimum atomic E-state index is 0.528. The van der Waals surface area contributed by atoms with Gasteiger partial charge in [-0.2, -0.15) is 5.48 Å². The third-order valence-corrected chi connectivity index (χ3v) is 1.80. The Morgan fingerprint density at radius 3 is 2.45 bits per heavy atom. The number of rotatable bonds is 0. The topological polar surface area (TPSA) is 30.5 Å². The van der Waals surface area contributed by atoms with E-state index in [0.717, 1.165) is 19.6 Å². The summed E-state index contributed by atoms with van der Waals surface area (Å²) < 4.78 is 5.23. The largest absolute Gasteiger partial charge is 0.364 e. The molecule has 1 rings (SSSR count). The molecule has 1 aliphatic rings. The highest BCUT2D eigenvalue weighted by atomic mass is 16.7. The molecule has 1 saturated heterocycles. The van der Waals surface area contributed by atoms with Crippen LogP contribution in [0, 0.1) is 0 Å². The van der Waals surface area contributed by atoms with Crippen LogP contribution in [-0.2, 0) is 9.57 Å². The van der Waals surface area contributed by atoms with Gasteiger partial charge in [-0.1, -0.05) is 19.3 Å². The molecule has 1 fully saturated rings. The lowest BCUT2D eigenvalue weighted by Gasteiger charge is -2.03. The molecule has 66 valence electrons. The predicted molar refractivity (Wildman–Crippen MR) is 43.0 cm³/mol. The molecule has 0 atom stereocenters. The number of hydrogen-bond acceptors (Lipinski definition) is 3. The summed E-state index contributed by atoms with van der Waals surface area (Å²) in [7, 11) is 0. The summed E-state index contributed by atoms with van der Waals surface area (Å²) in [6, 6.07) is 0. The van der Waals surface area contributed by atoms with Crippen molar-refractivity contribution in [3.05, 3.63) is 0 Å². The van der Waals surface area contributed by atoms with Crippen molar-refractivity contribution in [1.29, 1.82) is 0 Å². The summed E-state index contributed by atoms with van der Waals surface area (Å²) in [5.74, 6) is 0. The summed E-state index contributed by atoms with van der Waals surface area (Å²) in [5.41, 5.74) is 2.76. The summed E-state index contributed by atoms with van der Waals surface area (Å²) in [4.78, 5) is 5.09. The highest BCUT2D eigenvalue weighted by Crippen LogP contribution is 2.03. The second kappa shape index (κ2) is 6.58. The van der Waals surface area contributed by atoms with Gasteiger partial charge in [0.1, 0.15) is 6.73 Å². The van der Waals surface area contributed by atoms with Crippen molar-refractivity contribution in [3.63, 3.8) is 0 Å². The number of nitrogens with one attached hydrogen (secondary N) is 1. The van der Waals surface area contributed by atoms with Crippen LogP contribution < -0.4 is 5.48 Å². The van der Waals surface area contributed by atoms with Crippen molar-refractivity contribution in [2.45, 2.75) is 32.1 Å². The maximum atomic E-state index is 5.23. The van der Waals surface area contributed by atoms with Crippen molar-refractivity contribution >= 4 is 0 Å². The van der Waals surface area contributed by atoms with E-state index in [2.05, 4.69) is 5.48 Å². The first-order valence-corrected chi connectivity index (χ1v) is 4.42. The van der Waals surface area contributed by atoms with Crippen LogP contribution in [-0.4, -0.2) is 19.9 Å². The van der Waals surface area contributed by atoms with E-state index in [9.17, 15) is 0 Å². The van der Waals surface area contributed by atoms with E-state index in [-0.39, 0.29) is 0 Å². The van der Waals surface area contributed by atoms with E-state index in [1.54, 1.807) is 0 Å². The molecule has 0 amide bonds. The Balaban J connectivity index is 2.02. The molecule has 0 bridgehead atoms. The minimum absolute atomic E-state index is 0.528. The lowest BCUT2D eigenvalue weighted by Crippen LogP contribution is -2.19. The van der Waals surface area contributed by atoms with Gasteiger partial charge in [-0.05, 0) is 12.8 Å². The average Bonchev–Trinajstić information content (AvgIpc) is 2.08. The molecule has 1 heterocycles. The number of hydroxylamine groups is 1. The fourth-order valence-electron chi connectivity index (χ4n) is 1.14. The lowest BCUT2D eigenvalue weighted by molar-refractivity contribution is -0.0327. The molecule has 1 N–H and O–H groups in total. The molecule has 0 aromatic carbocycles. The summed E-state index contributed by atoms with van der Waals surface area (Å²) in [5, 5.41) is 0. The first-order chi connectivity index (χ1) is 5.50. The van der Waals surface area contributed by atoms with E-state index in [0.29, 0.717) is 6.73 Å². The molecule has 1 aliphatic heterocycles. The van der Waals surface area contributed by atoms with Gasteiger partial charge in [-0.15, -0.1) is 0 Å². The van der Waals surface area contributed by atoms with Crippen LogP contribution in [0.5, 0.6) is 0 Å². The highest BCUT2D eigenvalue weighted by Gasteiger charge is 1.94. The van der Waals surface area contributed by atoms with Gasteiger partial charge < -0.3 is 4.74 Å². The molecule has 0 aromatic heterocycles. The normalized spacial score (nSPS) is 24.0. The van der Waals surface area contributed by atoms with E-state index in [4.69, 9.17) is 9.57 Å².